The Bertz CT molecular complexity index is 3930. The molecule has 12 aromatic rings. The first kappa shape index (κ1) is 25.5. The van der Waals surface area contributed by atoms with Crippen LogP contribution in [0.3, 0.4) is 0 Å². The fourth-order valence-electron chi connectivity index (χ4n) is 8.59. The molecule has 0 aliphatic carbocycles. The van der Waals surface area contributed by atoms with E-state index in [1.165, 1.54) is 0 Å². The predicted octanol–water partition coefficient (Wildman–Crippen LogP) is 14.8. The molecule has 0 aliphatic rings. The van der Waals surface area contributed by atoms with Gasteiger partial charge >= 0.3 is 0 Å². The van der Waals surface area contributed by atoms with Gasteiger partial charge in [-0.25, -0.2) is 0 Å². The number of benzene rings is 9. The van der Waals surface area contributed by atoms with E-state index in [9.17, 15) is 6.85 Å². The highest BCUT2D eigenvalue weighted by atomic mass is 16.3. The zero-order valence-electron chi connectivity index (χ0n) is 37.4. The quantitative estimate of drug-likeness (QED) is 0.173. The highest BCUT2D eigenvalue weighted by Gasteiger charge is 2.19. The van der Waals surface area contributed by atoms with Gasteiger partial charge in [0.1, 0.15) is 11.2 Å². The summed E-state index contributed by atoms with van der Waals surface area (Å²) in [4.78, 5) is 0. The van der Waals surface area contributed by atoms with Crippen LogP contribution in [0.15, 0.2) is 211 Å². The van der Waals surface area contributed by atoms with Crippen molar-refractivity contribution in [2.75, 3.05) is 0 Å². The SMILES string of the molecule is [2H]c1c([2H])c([2H])c2c(c1[2H])c1c([2H])c(-c3ccc4c(c3)c3c(-c5ccccc5)cccc3n4-c3ccc4oc5ccccc5c4c3)c([2H])c([2H])c1n2-c1cccc(-c2ccccc2)c1. The van der Waals surface area contributed by atoms with Crippen molar-refractivity contribution in [3.63, 3.8) is 0 Å². The molecule has 0 amide bonds. The summed E-state index contributed by atoms with van der Waals surface area (Å²) in [5, 5.41) is 4.22. The van der Waals surface area contributed by atoms with Crippen LogP contribution in [-0.4, -0.2) is 9.13 Å². The number of aromatic nitrogens is 2. The van der Waals surface area contributed by atoms with Crippen LogP contribution < -0.4 is 0 Å². The number of fused-ring (bicyclic) bond motifs is 9. The number of para-hydroxylation sites is 2. The normalized spacial score (nSPS) is 13.6. The smallest absolute Gasteiger partial charge is 0.135 e. The van der Waals surface area contributed by atoms with Crippen molar-refractivity contribution >= 4 is 65.6 Å². The Morgan fingerprint density at radius 3 is 1.96 bits per heavy atom. The molecule has 0 bridgehead atoms. The molecule has 0 atom stereocenters. The molecule has 0 spiro atoms. The molecule has 0 saturated carbocycles. The molecule has 3 aromatic heterocycles. The summed E-state index contributed by atoms with van der Waals surface area (Å²) in [6, 6.07) is 52.1. The molecular weight excluding hydrogens is 693 g/mol. The molecule has 0 unspecified atom stereocenters. The second-order valence-electron chi connectivity index (χ2n) is 14.4. The van der Waals surface area contributed by atoms with E-state index in [-0.39, 0.29) is 57.6 Å². The van der Waals surface area contributed by atoms with E-state index in [4.69, 9.17) is 7.16 Å². The summed E-state index contributed by atoms with van der Waals surface area (Å²) >= 11 is 0. The maximum atomic E-state index is 9.97. The van der Waals surface area contributed by atoms with E-state index < -0.39 is 12.1 Å². The molecule has 57 heavy (non-hydrogen) atoms. The van der Waals surface area contributed by atoms with Gasteiger partial charge in [-0.15, -0.1) is 0 Å². The lowest BCUT2D eigenvalue weighted by molar-refractivity contribution is 0.669. The summed E-state index contributed by atoms with van der Waals surface area (Å²) < 4.78 is 75.3. The standard InChI is InChI=1S/C54H34N2O/c1-3-13-35(14-4-1)37-17-11-18-40(31-37)55-48-22-9-7-19-43(48)45-32-38(25-28-49(45)55)39-26-29-50-47(33-39)54-42(36-15-5-2-6-16-36)21-12-23-51(54)56(50)41-27-30-53-46(34-41)44-20-8-10-24-52(44)57-53/h1-34H/i7D,9D,19D,22D,25D,28D,32D. The molecule has 0 aliphatic heterocycles. The van der Waals surface area contributed by atoms with E-state index in [0.29, 0.717) is 11.3 Å². The van der Waals surface area contributed by atoms with Gasteiger partial charge in [0.2, 0.25) is 0 Å². The lowest BCUT2D eigenvalue weighted by Gasteiger charge is -2.11. The molecule has 3 heteroatoms. The number of furan rings is 1. The minimum Gasteiger partial charge on any atom is -0.456 e. The van der Waals surface area contributed by atoms with Crippen LogP contribution in [0.2, 0.25) is 0 Å². The van der Waals surface area contributed by atoms with Crippen molar-refractivity contribution in [1.29, 1.82) is 0 Å². The van der Waals surface area contributed by atoms with Crippen molar-refractivity contribution in [2.45, 2.75) is 0 Å². The largest absolute Gasteiger partial charge is 0.456 e. The third-order valence-corrected chi connectivity index (χ3v) is 11.2. The molecular formula is C54H34N2O. The van der Waals surface area contributed by atoms with Crippen molar-refractivity contribution in [2.24, 2.45) is 0 Å². The van der Waals surface area contributed by atoms with Crippen LogP contribution in [0, 0.1) is 0 Å². The van der Waals surface area contributed by atoms with Gasteiger partial charge in [0.15, 0.2) is 0 Å². The topological polar surface area (TPSA) is 23.0 Å². The summed E-state index contributed by atoms with van der Waals surface area (Å²) in [7, 11) is 0. The van der Waals surface area contributed by atoms with Gasteiger partial charge in [-0.3, -0.25) is 0 Å². The average molecular weight is 734 g/mol. The lowest BCUT2D eigenvalue weighted by atomic mass is 9.97. The van der Waals surface area contributed by atoms with Crippen molar-refractivity contribution in [1.82, 2.24) is 9.13 Å². The van der Waals surface area contributed by atoms with Crippen LogP contribution in [0.1, 0.15) is 9.60 Å². The first-order chi connectivity index (χ1) is 31.2. The number of rotatable bonds is 5. The van der Waals surface area contributed by atoms with Gasteiger partial charge in [-0.05, 0) is 106 Å². The summed E-state index contributed by atoms with van der Waals surface area (Å²) in [5.41, 5.74) is 9.91. The second-order valence-corrected chi connectivity index (χ2v) is 14.4. The van der Waals surface area contributed by atoms with Crippen molar-refractivity contribution in [3.05, 3.63) is 206 Å². The van der Waals surface area contributed by atoms with E-state index >= 15 is 0 Å². The molecule has 12 rings (SSSR count). The Labute approximate surface area is 338 Å². The van der Waals surface area contributed by atoms with Gasteiger partial charge < -0.3 is 13.6 Å². The summed E-state index contributed by atoms with van der Waals surface area (Å²) in [6.45, 7) is 0. The first-order valence-corrected chi connectivity index (χ1v) is 18.9. The van der Waals surface area contributed by atoms with Gasteiger partial charge in [0.25, 0.3) is 0 Å². The fourth-order valence-corrected chi connectivity index (χ4v) is 8.59. The molecule has 0 N–H and O–H groups in total. The van der Waals surface area contributed by atoms with Gasteiger partial charge in [0.05, 0.1) is 31.7 Å². The molecule has 0 radical (unpaired) electrons. The van der Waals surface area contributed by atoms with Gasteiger partial charge in [-0.2, -0.15) is 0 Å². The maximum Gasteiger partial charge on any atom is 0.135 e. The van der Waals surface area contributed by atoms with E-state index in [2.05, 4.69) is 53.1 Å². The molecule has 3 heterocycles. The Balaban J connectivity index is 1.16. The second kappa shape index (κ2) is 12.5. The molecule has 266 valence electrons. The maximum absolute atomic E-state index is 9.97. The fraction of sp³-hybridized carbons (Fsp3) is 0. The van der Waals surface area contributed by atoms with Gasteiger partial charge in [0, 0.05) is 43.7 Å². The zero-order chi connectivity index (χ0) is 43.5. The van der Waals surface area contributed by atoms with Crippen LogP contribution in [0.25, 0.3) is 110 Å². The molecule has 0 fully saturated rings. The van der Waals surface area contributed by atoms with Gasteiger partial charge in [-0.1, -0.05) is 133 Å². The van der Waals surface area contributed by atoms with Crippen molar-refractivity contribution < 1.29 is 14.0 Å². The Kier molecular flexibility index (Phi) is 5.56. The predicted molar refractivity (Wildman–Crippen MR) is 239 cm³/mol. The Morgan fingerprint density at radius 1 is 0.368 bits per heavy atom. The van der Waals surface area contributed by atoms with E-state index in [1.807, 2.05) is 115 Å². The van der Waals surface area contributed by atoms with Crippen LogP contribution in [-0.2, 0) is 0 Å². The van der Waals surface area contributed by atoms with Crippen molar-refractivity contribution in [3.8, 4) is 44.8 Å². The third kappa shape index (κ3) is 4.92. The minimum atomic E-state index is -0.429. The Hall–Kier alpha value is -7.62. The molecule has 9 aromatic carbocycles. The van der Waals surface area contributed by atoms with Crippen LogP contribution in [0.5, 0.6) is 0 Å². The van der Waals surface area contributed by atoms with E-state index in [1.54, 1.807) is 4.57 Å². The van der Waals surface area contributed by atoms with E-state index in [0.717, 1.165) is 71.7 Å². The lowest BCUT2D eigenvalue weighted by Crippen LogP contribution is -1.94. The Morgan fingerprint density at radius 2 is 1.07 bits per heavy atom. The number of hydrogen-bond acceptors (Lipinski definition) is 1. The molecule has 3 nitrogen and oxygen atoms in total. The third-order valence-electron chi connectivity index (χ3n) is 11.2. The number of nitrogens with zero attached hydrogens (tertiary/aromatic N) is 2. The monoisotopic (exact) mass is 733 g/mol. The van der Waals surface area contributed by atoms with Crippen LogP contribution in [0.4, 0.5) is 0 Å². The highest BCUT2D eigenvalue weighted by molar-refractivity contribution is 6.17. The first-order valence-electron chi connectivity index (χ1n) is 22.4. The minimum absolute atomic E-state index is 0.0901. The number of hydrogen-bond donors (Lipinski definition) is 0. The zero-order valence-corrected chi connectivity index (χ0v) is 30.4. The highest BCUT2D eigenvalue weighted by Crippen LogP contribution is 2.42. The summed E-state index contributed by atoms with van der Waals surface area (Å²) in [6.07, 6.45) is 0. The summed E-state index contributed by atoms with van der Waals surface area (Å²) in [5.74, 6) is 0. The molecule has 0 saturated heterocycles. The average Bonchev–Trinajstić information content (AvgIpc) is 4.01. The van der Waals surface area contributed by atoms with Crippen LogP contribution >= 0.6 is 0 Å².